The Kier molecular flexibility index (Phi) is 6.74. The van der Waals surface area contributed by atoms with Gasteiger partial charge in [0.1, 0.15) is 0 Å². The third kappa shape index (κ3) is 4.45. The number of hydrogen-bond donors (Lipinski definition) is 0. The van der Waals surface area contributed by atoms with Crippen LogP contribution in [0.2, 0.25) is 0 Å². The molecule has 0 aromatic heterocycles. The van der Waals surface area contributed by atoms with Crippen LogP contribution >= 0.6 is 11.8 Å². The molecule has 12 rings (SSSR count). The van der Waals surface area contributed by atoms with Gasteiger partial charge in [0.05, 0.1) is 0 Å². The lowest BCUT2D eigenvalue weighted by molar-refractivity contribution is -0.0443. The molecule has 0 unspecified atom stereocenters. The Morgan fingerprint density at radius 1 is 0.472 bits per heavy atom. The van der Waals surface area contributed by atoms with Gasteiger partial charge in [-0.1, -0.05) is 108 Å². The highest BCUT2D eigenvalue weighted by Gasteiger charge is 2.60. The maximum atomic E-state index is 2.68. The summed E-state index contributed by atoms with van der Waals surface area (Å²) >= 11 is 2.02. The van der Waals surface area contributed by atoms with Gasteiger partial charge >= 0.3 is 0 Å². The molecule has 4 fully saturated rings. The summed E-state index contributed by atoms with van der Waals surface area (Å²) in [4.78, 5) is 5.61. The third-order valence-corrected chi connectivity index (χ3v) is 16.7. The average Bonchev–Trinajstić information content (AvgIpc) is 3.37. The Balaban J connectivity index is 1.14. The van der Waals surface area contributed by atoms with Crippen molar-refractivity contribution in [3.63, 3.8) is 0 Å². The summed E-state index contributed by atoms with van der Waals surface area (Å²) in [5.74, 6) is 3.31. The first kappa shape index (κ1) is 32.7. The van der Waals surface area contributed by atoms with E-state index in [-0.39, 0.29) is 21.7 Å². The molecule has 0 atom stereocenters. The smallest absolute Gasteiger partial charge is 0.0465 e. The van der Waals surface area contributed by atoms with Crippen molar-refractivity contribution in [3.8, 4) is 11.1 Å². The van der Waals surface area contributed by atoms with E-state index in [2.05, 4.69) is 150 Å². The zero-order valence-corrected chi connectivity index (χ0v) is 33.2. The van der Waals surface area contributed by atoms with Crippen LogP contribution in [0.3, 0.4) is 0 Å². The Hall–Kier alpha value is -3.75. The zero-order valence-electron chi connectivity index (χ0n) is 32.4. The van der Waals surface area contributed by atoms with E-state index >= 15 is 0 Å². The van der Waals surface area contributed by atoms with Crippen molar-refractivity contribution >= 4 is 28.8 Å². The zero-order chi connectivity index (χ0) is 36.1. The van der Waals surface area contributed by atoms with Gasteiger partial charge in [-0.05, 0) is 172 Å². The second-order valence-electron chi connectivity index (χ2n) is 19.7. The topological polar surface area (TPSA) is 3.24 Å². The maximum Gasteiger partial charge on any atom is 0.0465 e. The number of fused-ring (bicyclic) bond motifs is 6. The molecule has 1 nitrogen and oxygen atoms in total. The molecule has 0 saturated heterocycles. The summed E-state index contributed by atoms with van der Waals surface area (Å²) in [5, 5.41) is 0. The monoisotopic (exact) mass is 711 g/mol. The molecule has 5 aromatic carbocycles. The van der Waals surface area contributed by atoms with Gasteiger partial charge in [-0.15, -0.1) is 0 Å². The van der Waals surface area contributed by atoms with Gasteiger partial charge in [-0.2, -0.15) is 0 Å². The SMILES string of the molecule is CC1(C)CCC(C)(C)c2cc(N(c3ccc4c(c3)C(C)(C)c3ccccc3-4)c3ccc4c(c3)C3(c5ccccc5S4)C4CC5CC(C4)CC3C5)ccc21. The highest BCUT2D eigenvalue weighted by molar-refractivity contribution is 7.99. The molecule has 7 aliphatic rings. The quantitative estimate of drug-likeness (QED) is 0.183. The van der Waals surface area contributed by atoms with Crippen LogP contribution in [-0.4, -0.2) is 0 Å². The van der Waals surface area contributed by atoms with E-state index in [4.69, 9.17) is 0 Å². The summed E-state index contributed by atoms with van der Waals surface area (Å²) in [5.41, 5.74) is 16.1. The van der Waals surface area contributed by atoms with Crippen molar-refractivity contribution in [3.05, 3.63) is 137 Å². The standard InChI is InChI=1S/C51H53NS/c1-48(2)21-22-49(3,4)44-29-36(16-19-41(44)48)52(35-15-18-39-38-11-7-8-12-40(38)50(5,6)43(39)28-35)37-17-20-47-45(30-37)51(42-13-9-10-14-46(42)53-47)33-24-31-23-32(26-33)27-34(51)25-31/h7-20,28-34H,21-27H2,1-6H3. The number of benzene rings is 5. The van der Waals surface area contributed by atoms with Crippen molar-refractivity contribution in [2.45, 2.75) is 118 Å². The first-order valence-corrected chi connectivity index (χ1v) is 21.4. The molecule has 1 spiro atoms. The number of hydrogen-bond acceptors (Lipinski definition) is 2. The van der Waals surface area contributed by atoms with Crippen molar-refractivity contribution in [1.29, 1.82) is 0 Å². The molecule has 5 aromatic rings. The second-order valence-corrected chi connectivity index (χ2v) is 20.8. The lowest BCUT2D eigenvalue weighted by Gasteiger charge is -2.63. The minimum Gasteiger partial charge on any atom is -0.310 e. The predicted octanol–water partition coefficient (Wildman–Crippen LogP) is 14.0. The summed E-state index contributed by atoms with van der Waals surface area (Å²) in [6.07, 6.45) is 9.51. The molecule has 4 bridgehead atoms. The van der Waals surface area contributed by atoms with Crippen molar-refractivity contribution < 1.29 is 0 Å². The van der Waals surface area contributed by atoms with Gasteiger partial charge in [0, 0.05) is 37.7 Å². The fourth-order valence-corrected chi connectivity index (χ4v) is 14.2. The van der Waals surface area contributed by atoms with Crippen LogP contribution in [-0.2, 0) is 21.7 Å². The van der Waals surface area contributed by atoms with Crippen LogP contribution in [0.15, 0.2) is 113 Å². The lowest BCUT2D eigenvalue weighted by Crippen LogP contribution is -2.57. The van der Waals surface area contributed by atoms with Crippen LogP contribution in [0.1, 0.15) is 120 Å². The third-order valence-electron chi connectivity index (χ3n) is 15.6. The van der Waals surface area contributed by atoms with E-state index in [0.717, 1.165) is 23.7 Å². The van der Waals surface area contributed by atoms with Gasteiger partial charge in [-0.25, -0.2) is 0 Å². The Bertz CT molecular complexity index is 2310. The van der Waals surface area contributed by atoms with Gasteiger partial charge in [0.25, 0.3) is 0 Å². The summed E-state index contributed by atoms with van der Waals surface area (Å²) in [6, 6.07) is 41.1. The predicted molar refractivity (Wildman–Crippen MR) is 222 cm³/mol. The first-order chi connectivity index (χ1) is 25.4. The Morgan fingerprint density at radius 2 is 1.00 bits per heavy atom. The maximum absolute atomic E-state index is 2.68. The second kappa shape index (κ2) is 10.9. The number of anilines is 3. The minimum atomic E-state index is -0.0594. The molecule has 1 heterocycles. The van der Waals surface area contributed by atoms with Crippen LogP contribution in [0, 0.1) is 23.7 Å². The summed E-state index contributed by atoms with van der Waals surface area (Å²) < 4.78 is 0. The molecule has 268 valence electrons. The van der Waals surface area contributed by atoms with Crippen molar-refractivity contribution in [1.82, 2.24) is 0 Å². The molecule has 2 heteroatoms. The van der Waals surface area contributed by atoms with E-state index < -0.39 is 0 Å². The van der Waals surface area contributed by atoms with E-state index in [0.29, 0.717) is 0 Å². The van der Waals surface area contributed by atoms with E-state index in [1.165, 1.54) is 105 Å². The molecule has 0 radical (unpaired) electrons. The van der Waals surface area contributed by atoms with Gasteiger partial charge < -0.3 is 4.90 Å². The average molecular weight is 712 g/mol. The van der Waals surface area contributed by atoms with Gasteiger partial charge in [-0.3, -0.25) is 0 Å². The lowest BCUT2D eigenvalue weighted by atomic mass is 9.42. The largest absolute Gasteiger partial charge is 0.310 e. The van der Waals surface area contributed by atoms with Crippen LogP contribution in [0.5, 0.6) is 0 Å². The van der Waals surface area contributed by atoms with Crippen molar-refractivity contribution in [2.75, 3.05) is 4.90 Å². The van der Waals surface area contributed by atoms with Gasteiger partial charge in [0.15, 0.2) is 0 Å². The highest BCUT2D eigenvalue weighted by atomic mass is 32.2. The highest BCUT2D eigenvalue weighted by Crippen LogP contribution is 2.69. The van der Waals surface area contributed by atoms with Crippen LogP contribution in [0.25, 0.3) is 11.1 Å². The molecule has 4 saturated carbocycles. The molecule has 0 N–H and O–H groups in total. The molecule has 0 amide bonds. The Morgan fingerprint density at radius 3 is 1.72 bits per heavy atom. The van der Waals surface area contributed by atoms with Crippen LogP contribution < -0.4 is 4.90 Å². The summed E-state index contributed by atoms with van der Waals surface area (Å²) in [7, 11) is 0. The normalized spacial score (nSPS) is 28.5. The first-order valence-electron chi connectivity index (χ1n) is 20.6. The van der Waals surface area contributed by atoms with Crippen molar-refractivity contribution in [2.24, 2.45) is 23.7 Å². The molecular weight excluding hydrogens is 659 g/mol. The fourth-order valence-electron chi connectivity index (χ4n) is 13.0. The van der Waals surface area contributed by atoms with Crippen LogP contribution in [0.4, 0.5) is 17.1 Å². The minimum absolute atomic E-state index is 0.0594. The van der Waals surface area contributed by atoms with E-state index in [9.17, 15) is 0 Å². The molecule has 6 aliphatic carbocycles. The number of nitrogens with zero attached hydrogens (tertiary/aromatic N) is 1. The number of rotatable bonds is 3. The molecule has 53 heavy (non-hydrogen) atoms. The van der Waals surface area contributed by atoms with E-state index in [1.807, 2.05) is 11.8 Å². The van der Waals surface area contributed by atoms with E-state index in [1.54, 1.807) is 11.1 Å². The fraction of sp³-hybridized carbons (Fsp3) is 0.412. The Labute approximate surface area is 321 Å². The molecular formula is C51H53NS. The van der Waals surface area contributed by atoms with Gasteiger partial charge in [0.2, 0.25) is 0 Å². The summed E-state index contributed by atoms with van der Waals surface area (Å²) in [6.45, 7) is 14.7. The molecule has 1 aliphatic heterocycles.